The normalized spacial score (nSPS) is 10.8. The Morgan fingerprint density at radius 2 is 1.56 bits per heavy atom. The molecular weight excluding hydrogens is 336 g/mol. The van der Waals surface area contributed by atoms with Crippen molar-refractivity contribution in [3.8, 4) is 33.8 Å². The van der Waals surface area contributed by atoms with Crippen LogP contribution in [0.5, 0.6) is 0 Å². The zero-order valence-electron chi connectivity index (χ0n) is 13.0. The summed E-state index contributed by atoms with van der Waals surface area (Å²) in [6.07, 6.45) is 0. The van der Waals surface area contributed by atoms with Crippen LogP contribution in [0.2, 0.25) is 5.02 Å². The van der Waals surface area contributed by atoms with Crippen LogP contribution < -0.4 is 5.56 Å². The Hall–Kier alpha value is -3.18. The van der Waals surface area contributed by atoms with E-state index in [0.717, 1.165) is 28.1 Å². The van der Waals surface area contributed by atoms with Crippen LogP contribution in [-0.2, 0) is 0 Å². The monoisotopic (exact) mass is 348 g/mol. The molecule has 0 aliphatic heterocycles. The van der Waals surface area contributed by atoms with Gasteiger partial charge in [0.2, 0.25) is 0 Å². The fraction of sp³-hybridized carbons (Fsp3) is 0. The van der Waals surface area contributed by atoms with Gasteiger partial charge in [0.15, 0.2) is 0 Å². The number of benzene rings is 2. The first kappa shape index (κ1) is 15.4. The molecule has 0 aliphatic rings. The lowest BCUT2D eigenvalue weighted by molar-refractivity contribution is 0.996. The van der Waals surface area contributed by atoms with Crippen molar-refractivity contribution in [3.63, 3.8) is 0 Å². The van der Waals surface area contributed by atoms with Crippen LogP contribution in [0.3, 0.4) is 0 Å². The Balaban J connectivity index is 2.00. The highest BCUT2D eigenvalue weighted by atomic mass is 35.5. The van der Waals surface area contributed by atoms with Crippen LogP contribution in [0, 0.1) is 0 Å². The Bertz CT molecular complexity index is 1070. The smallest absolute Gasteiger partial charge is 0.264 e. The molecule has 4 rings (SSSR count). The predicted molar refractivity (Wildman–Crippen MR) is 98.3 cm³/mol. The Morgan fingerprint density at radius 3 is 2.28 bits per heavy atom. The number of nitrogens with zero attached hydrogens (tertiary/aromatic N) is 2. The van der Waals surface area contributed by atoms with Crippen LogP contribution in [0.15, 0.2) is 71.5 Å². The minimum atomic E-state index is -0.257. The van der Waals surface area contributed by atoms with E-state index in [0.29, 0.717) is 10.7 Å². The van der Waals surface area contributed by atoms with E-state index in [2.05, 4.69) is 20.4 Å². The molecule has 0 saturated heterocycles. The molecule has 0 saturated carbocycles. The number of aromatic amines is 2. The third-order valence-electron chi connectivity index (χ3n) is 3.89. The highest BCUT2D eigenvalue weighted by molar-refractivity contribution is 6.33. The second-order valence-electron chi connectivity index (χ2n) is 5.47. The summed E-state index contributed by atoms with van der Waals surface area (Å²) in [6.45, 7) is 0. The third-order valence-corrected chi connectivity index (χ3v) is 4.22. The number of nitrogens with one attached hydrogen (secondary N) is 2. The van der Waals surface area contributed by atoms with Gasteiger partial charge in [-0.25, -0.2) is 5.10 Å². The second-order valence-corrected chi connectivity index (χ2v) is 5.88. The summed E-state index contributed by atoms with van der Waals surface area (Å²) >= 11 is 6.37. The number of aromatic nitrogens is 4. The summed E-state index contributed by atoms with van der Waals surface area (Å²) in [5.41, 5.74) is 4.41. The van der Waals surface area contributed by atoms with Gasteiger partial charge in [-0.05, 0) is 12.1 Å². The summed E-state index contributed by atoms with van der Waals surface area (Å²) in [5, 5.41) is 14.8. The average Bonchev–Trinajstić information content (AvgIpc) is 3.08. The zero-order valence-corrected chi connectivity index (χ0v) is 13.8. The molecule has 5 nitrogen and oxygen atoms in total. The second kappa shape index (κ2) is 6.37. The summed E-state index contributed by atoms with van der Waals surface area (Å²) in [7, 11) is 0. The van der Waals surface area contributed by atoms with Crippen molar-refractivity contribution in [2.24, 2.45) is 0 Å². The maximum atomic E-state index is 11.4. The minimum absolute atomic E-state index is 0.257. The molecular formula is C19H13ClN4O. The van der Waals surface area contributed by atoms with E-state index < -0.39 is 0 Å². The van der Waals surface area contributed by atoms with Gasteiger partial charge >= 0.3 is 0 Å². The molecule has 122 valence electrons. The van der Waals surface area contributed by atoms with Gasteiger partial charge < -0.3 is 0 Å². The van der Waals surface area contributed by atoms with E-state index in [1.54, 1.807) is 6.07 Å². The maximum absolute atomic E-state index is 11.4. The molecule has 0 bridgehead atoms. The van der Waals surface area contributed by atoms with Crippen LogP contribution in [-0.4, -0.2) is 20.4 Å². The van der Waals surface area contributed by atoms with Crippen LogP contribution in [0.4, 0.5) is 0 Å². The molecule has 2 heterocycles. The van der Waals surface area contributed by atoms with E-state index in [4.69, 9.17) is 11.6 Å². The summed E-state index contributed by atoms with van der Waals surface area (Å²) in [4.78, 5) is 11.4. The molecule has 0 amide bonds. The first-order valence-electron chi connectivity index (χ1n) is 7.69. The first-order chi connectivity index (χ1) is 12.2. The Labute approximate surface area is 148 Å². The van der Waals surface area contributed by atoms with Gasteiger partial charge in [-0.15, -0.1) is 0 Å². The number of halogens is 1. The van der Waals surface area contributed by atoms with E-state index in [1.807, 2.05) is 54.6 Å². The van der Waals surface area contributed by atoms with Crippen molar-refractivity contribution in [2.45, 2.75) is 0 Å². The van der Waals surface area contributed by atoms with E-state index in [1.165, 1.54) is 6.07 Å². The van der Waals surface area contributed by atoms with E-state index >= 15 is 0 Å². The molecule has 2 aromatic heterocycles. The highest BCUT2D eigenvalue weighted by Crippen LogP contribution is 2.39. The lowest BCUT2D eigenvalue weighted by atomic mass is 9.99. The number of rotatable bonds is 3. The van der Waals surface area contributed by atoms with Crippen LogP contribution >= 0.6 is 11.6 Å². The summed E-state index contributed by atoms with van der Waals surface area (Å²) < 4.78 is 0. The fourth-order valence-corrected chi connectivity index (χ4v) is 2.97. The average molecular weight is 349 g/mol. The summed E-state index contributed by atoms with van der Waals surface area (Å²) in [6, 6.07) is 20.4. The standard InChI is InChI=1S/C19H13ClN4O/c20-14-9-5-4-8-13(14)19-17(15-10-11-16(25)22-21-15)18(23-24-19)12-6-2-1-3-7-12/h1-11H,(H,22,25)(H,23,24). The SMILES string of the molecule is O=c1ccc(-c2c(-c3ccccc3)n[nH]c2-c2ccccc2Cl)n[nH]1. The van der Waals surface area contributed by atoms with Crippen molar-refractivity contribution in [1.29, 1.82) is 0 Å². The number of H-pyrrole nitrogens is 2. The molecule has 0 spiro atoms. The molecule has 4 aromatic rings. The van der Waals surface area contributed by atoms with E-state index in [9.17, 15) is 4.79 Å². The van der Waals surface area contributed by atoms with Crippen LogP contribution in [0.25, 0.3) is 33.8 Å². The molecule has 0 unspecified atom stereocenters. The molecule has 25 heavy (non-hydrogen) atoms. The van der Waals surface area contributed by atoms with E-state index in [-0.39, 0.29) is 5.56 Å². The van der Waals surface area contributed by atoms with Crippen molar-refractivity contribution in [3.05, 3.63) is 82.1 Å². The van der Waals surface area contributed by atoms with Crippen molar-refractivity contribution < 1.29 is 0 Å². The van der Waals surface area contributed by atoms with Gasteiger partial charge in [-0.2, -0.15) is 10.2 Å². The quantitative estimate of drug-likeness (QED) is 0.584. The molecule has 0 aliphatic carbocycles. The van der Waals surface area contributed by atoms with Crippen LogP contribution in [0.1, 0.15) is 0 Å². The largest absolute Gasteiger partial charge is 0.276 e. The van der Waals surface area contributed by atoms with Gasteiger partial charge in [0, 0.05) is 22.2 Å². The highest BCUT2D eigenvalue weighted by Gasteiger charge is 2.20. The van der Waals surface area contributed by atoms with Crippen molar-refractivity contribution in [1.82, 2.24) is 20.4 Å². The molecule has 0 atom stereocenters. The number of hydrogen-bond donors (Lipinski definition) is 2. The maximum Gasteiger partial charge on any atom is 0.264 e. The van der Waals surface area contributed by atoms with Crippen molar-refractivity contribution in [2.75, 3.05) is 0 Å². The molecule has 2 aromatic carbocycles. The van der Waals surface area contributed by atoms with Gasteiger partial charge in [0.25, 0.3) is 5.56 Å². The van der Waals surface area contributed by atoms with Gasteiger partial charge in [0.05, 0.1) is 17.0 Å². The van der Waals surface area contributed by atoms with Crippen molar-refractivity contribution >= 4 is 11.6 Å². The van der Waals surface area contributed by atoms with Gasteiger partial charge in [-0.3, -0.25) is 9.89 Å². The Morgan fingerprint density at radius 1 is 0.800 bits per heavy atom. The lowest BCUT2D eigenvalue weighted by Crippen LogP contribution is -2.06. The van der Waals surface area contributed by atoms with Gasteiger partial charge in [-0.1, -0.05) is 60.1 Å². The molecule has 0 radical (unpaired) electrons. The topological polar surface area (TPSA) is 74.4 Å². The number of hydrogen-bond acceptors (Lipinski definition) is 3. The summed E-state index contributed by atoms with van der Waals surface area (Å²) in [5.74, 6) is 0. The molecule has 0 fully saturated rings. The van der Waals surface area contributed by atoms with Gasteiger partial charge in [0.1, 0.15) is 5.69 Å². The first-order valence-corrected chi connectivity index (χ1v) is 8.06. The minimum Gasteiger partial charge on any atom is -0.276 e. The fourth-order valence-electron chi connectivity index (χ4n) is 2.74. The molecule has 2 N–H and O–H groups in total. The predicted octanol–water partition coefficient (Wildman–Crippen LogP) is 4.15. The zero-order chi connectivity index (χ0) is 17.2. The lowest BCUT2D eigenvalue weighted by Gasteiger charge is -2.07. The molecule has 6 heteroatoms. The Kier molecular flexibility index (Phi) is 3.91. The third kappa shape index (κ3) is 2.86.